The van der Waals surface area contributed by atoms with E-state index in [0.29, 0.717) is 18.8 Å². The number of carbonyl (C=O) groups is 1. The van der Waals surface area contributed by atoms with Crippen LogP contribution < -0.4 is 5.73 Å². The highest BCUT2D eigenvalue weighted by Gasteiger charge is 2.17. The third kappa shape index (κ3) is 4.48. The first-order chi connectivity index (χ1) is 9.97. The van der Waals surface area contributed by atoms with Gasteiger partial charge in [-0.15, -0.1) is 0 Å². The summed E-state index contributed by atoms with van der Waals surface area (Å²) in [5, 5.41) is 0.429. The molecule has 1 aliphatic rings. The van der Waals surface area contributed by atoms with Gasteiger partial charge in [0.1, 0.15) is 6.61 Å². The van der Waals surface area contributed by atoms with E-state index >= 15 is 0 Å². The summed E-state index contributed by atoms with van der Waals surface area (Å²) in [5.74, 6) is -0.497. The van der Waals surface area contributed by atoms with Crippen molar-refractivity contribution >= 4 is 34.9 Å². The van der Waals surface area contributed by atoms with Gasteiger partial charge in [0.25, 0.3) is 0 Å². The second-order valence-electron chi connectivity index (χ2n) is 5.15. The van der Waals surface area contributed by atoms with E-state index in [1.165, 1.54) is 12.1 Å². The summed E-state index contributed by atoms with van der Waals surface area (Å²) < 4.78 is 5.26. The molecule has 7 heteroatoms. The summed E-state index contributed by atoms with van der Waals surface area (Å²) in [6.07, 6.45) is 0. The Hall–Kier alpha value is -1.01. The lowest BCUT2D eigenvalue weighted by atomic mass is 10.2. The zero-order chi connectivity index (χ0) is 15.4. The number of anilines is 1. The topological polar surface area (TPSA) is 58.8 Å². The first-order valence-electron chi connectivity index (χ1n) is 6.80. The first kappa shape index (κ1) is 16.4. The molecule has 0 saturated carbocycles. The minimum atomic E-state index is -0.497. The Morgan fingerprint density at radius 1 is 1.29 bits per heavy atom. The van der Waals surface area contributed by atoms with Crippen molar-refractivity contribution in [3.8, 4) is 0 Å². The van der Waals surface area contributed by atoms with Crippen molar-refractivity contribution in [1.29, 1.82) is 0 Å². The molecule has 2 rings (SSSR count). The number of benzene rings is 1. The van der Waals surface area contributed by atoms with Crippen LogP contribution >= 0.6 is 23.2 Å². The van der Waals surface area contributed by atoms with Gasteiger partial charge < -0.3 is 15.4 Å². The molecule has 0 spiro atoms. The summed E-state index contributed by atoms with van der Waals surface area (Å²) in [5.41, 5.74) is 6.25. The molecular weight excluding hydrogens is 313 g/mol. The second kappa shape index (κ2) is 7.31. The number of hydrogen-bond acceptors (Lipinski definition) is 5. The minimum absolute atomic E-state index is 0.176. The maximum absolute atomic E-state index is 12.0. The number of rotatable bonds is 4. The highest BCUT2D eigenvalue weighted by molar-refractivity contribution is 6.44. The van der Waals surface area contributed by atoms with Gasteiger partial charge in [0, 0.05) is 38.4 Å². The molecule has 5 nitrogen and oxygen atoms in total. The van der Waals surface area contributed by atoms with Crippen molar-refractivity contribution in [3.05, 3.63) is 27.7 Å². The Bertz CT molecular complexity index is 517. The van der Waals surface area contributed by atoms with Gasteiger partial charge >= 0.3 is 5.97 Å². The van der Waals surface area contributed by atoms with Crippen LogP contribution in [-0.4, -0.2) is 62.1 Å². The SMILES string of the molecule is CN1CCN(CCOC(=O)c2cc(N)cc(Cl)c2Cl)CC1. The van der Waals surface area contributed by atoms with Crippen molar-refractivity contribution in [2.45, 2.75) is 0 Å². The van der Waals surface area contributed by atoms with Crippen LogP contribution in [0.5, 0.6) is 0 Å². The number of esters is 1. The van der Waals surface area contributed by atoms with Gasteiger partial charge in [-0.25, -0.2) is 4.79 Å². The number of nitrogens with two attached hydrogens (primary N) is 1. The van der Waals surface area contributed by atoms with E-state index in [0.717, 1.165) is 26.2 Å². The van der Waals surface area contributed by atoms with Crippen molar-refractivity contribution < 1.29 is 9.53 Å². The van der Waals surface area contributed by atoms with Crippen molar-refractivity contribution in [2.24, 2.45) is 0 Å². The summed E-state index contributed by atoms with van der Waals surface area (Å²) in [4.78, 5) is 16.6. The molecule has 0 unspecified atom stereocenters. The predicted molar refractivity (Wildman–Crippen MR) is 85.1 cm³/mol. The monoisotopic (exact) mass is 331 g/mol. The van der Waals surface area contributed by atoms with Crippen LogP contribution in [0.3, 0.4) is 0 Å². The van der Waals surface area contributed by atoms with Gasteiger partial charge in [-0.2, -0.15) is 0 Å². The minimum Gasteiger partial charge on any atom is -0.461 e. The second-order valence-corrected chi connectivity index (χ2v) is 5.93. The lowest BCUT2D eigenvalue weighted by Crippen LogP contribution is -2.45. The number of carbonyl (C=O) groups excluding carboxylic acids is 1. The third-order valence-electron chi connectivity index (χ3n) is 3.51. The number of ether oxygens (including phenoxy) is 1. The maximum atomic E-state index is 12.0. The molecule has 0 atom stereocenters. The summed E-state index contributed by atoms with van der Waals surface area (Å²) in [7, 11) is 2.10. The van der Waals surface area contributed by atoms with Gasteiger partial charge in [0.15, 0.2) is 0 Å². The first-order valence-corrected chi connectivity index (χ1v) is 7.55. The van der Waals surface area contributed by atoms with E-state index in [-0.39, 0.29) is 15.6 Å². The predicted octanol–water partition coefficient (Wildman–Crippen LogP) is 1.98. The average Bonchev–Trinajstić information content (AvgIpc) is 2.44. The van der Waals surface area contributed by atoms with E-state index in [1.54, 1.807) is 0 Å². The summed E-state index contributed by atoms with van der Waals surface area (Å²) >= 11 is 11.9. The van der Waals surface area contributed by atoms with Crippen molar-refractivity contribution in [1.82, 2.24) is 9.80 Å². The zero-order valence-corrected chi connectivity index (χ0v) is 13.5. The third-order valence-corrected chi connectivity index (χ3v) is 4.31. The van der Waals surface area contributed by atoms with Crippen LogP contribution in [0.1, 0.15) is 10.4 Å². The lowest BCUT2D eigenvalue weighted by molar-refractivity contribution is 0.0432. The highest BCUT2D eigenvalue weighted by Crippen LogP contribution is 2.29. The number of nitrogens with zero attached hydrogens (tertiary/aromatic N) is 2. The van der Waals surface area contributed by atoms with Crippen LogP contribution in [0.2, 0.25) is 10.0 Å². The van der Waals surface area contributed by atoms with Crippen LogP contribution in [0, 0.1) is 0 Å². The van der Waals surface area contributed by atoms with Gasteiger partial charge in [-0.05, 0) is 19.2 Å². The molecule has 0 amide bonds. The van der Waals surface area contributed by atoms with Crippen LogP contribution in [0.15, 0.2) is 12.1 Å². The van der Waals surface area contributed by atoms with Gasteiger partial charge in [0.05, 0.1) is 15.6 Å². The zero-order valence-electron chi connectivity index (χ0n) is 11.9. The Kier molecular flexibility index (Phi) is 5.70. The fourth-order valence-corrected chi connectivity index (χ4v) is 2.59. The molecule has 1 aromatic carbocycles. The Labute approximate surface area is 134 Å². The fourth-order valence-electron chi connectivity index (χ4n) is 2.18. The lowest BCUT2D eigenvalue weighted by Gasteiger charge is -2.32. The number of likely N-dealkylation sites (N-methyl/N-ethyl adjacent to an activating group) is 1. The Morgan fingerprint density at radius 2 is 1.95 bits per heavy atom. The van der Waals surface area contributed by atoms with Gasteiger partial charge in [-0.1, -0.05) is 23.2 Å². The smallest absolute Gasteiger partial charge is 0.339 e. The van der Waals surface area contributed by atoms with Crippen LogP contribution in [0.4, 0.5) is 5.69 Å². The molecule has 0 aliphatic carbocycles. The molecule has 1 saturated heterocycles. The number of hydrogen-bond donors (Lipinski definition) is 1. The Morgan fingerprint density at radius 3 is 2.62 bits per heavy atom. The number of nitrogen functional groups attached to an aromatic ring is 1. The molecule has 2 N–H and O–H groups in total. The molecule has 21 heavy (non-hydrogen) atoms. The molecular formula is C14H19Cl2N3O2. The molecule has 1 aromatic rings. The van der Waals surface area contributed by atoms with E-state index in [1.807, 2.05) is 0 Å². The molecule has 1 aliphatic heterocycles. The van der Waals surface area contributed by atoms with E-state index < -0.39 is 5.97 Å². The highest BCUT2D eigenvalue weighted by atomic mass is 35.5. The molecule has 0 radical (unpaired) electrons. The summed E-state index contributed by atoms with van der Waals surface area (Å²) in [6, 6.07) is 2.98. The fraction of sp³-hybridized carbons (Fsp3) is 0.500. The van der Waals surface area contributed by atoms with Crippen molar-refractivity contribution in [3.63, 3.8) is 0 Å². The number of halogens is 2. The van der Waals surface area contributed by atoms with Crippen molar-refractivity contribution in [2.75, 3.05) is 52.1 Å². The van der Waals surface area contributed by atoms with E-state index in [4.69, 9.17) is 33.7 Å². The molecule has 1 fully saturated rings. The maximum Gasteiger partial charge on any atom is 0.339 e. The number of piperazine rings is 1. The quantitative estimate of drug-likeness (QED) is 0.675. The standard InChI is InChI=1S/C14H19Cl2N3O2/c1-18-2-4-19(5-3-18)6-7-21-14(20)11-8-10(17)9-12(15)13(11)16/h8-9H,2-7,17H2,1H3. The molecule has 116 valence electrons. The van der Waals surface area contributed by atoms with Gasteiger partial charge in [0.2, 0.25) is 0 Å². The summed E-state index contributed by atoms with van der Waals surface area (Å²) in [6.45, 7) is 5.07. The average molecular weight is 332 g/mol. The molecule has 0 bridgehead atoms. The van der Waals surface area contributed by atoms with Gasteiger partial charge in [-0.3, -0.25) is 4.90 Å². The van der Waals surface area contributed by atoms with Crippen LogP contribution in [-0.2, 0) is 4.74 Å². The molecule has 0 aromatic heterocycles. The largest absolute Gasteiger partial charge is 0.461 e. The normalized spacial score (nSPS) is 16.9. The van der Waals surface area contributed by atoms with Crippen LogP contribution in [0.25, 0.3) is 0 Å². The molecule has 1 heterocycles. The van der Waals surface area contributed by atoms with E-state index in [2.05, 4.69) is 16.8 Å². The Balaban J connectivity index is 1.85. The van der Waals surface area contributed by atoms with E-state index in [9.17, 15) is 4.79 Å².